The molecule has 1 atom stereocenters. The third-order valence-corrected chi connectivity index (χ3v) is 7.57. The summed E-state index contributed by atoms with van der Waals surface area (Å²) < 4.78 is 11.8. The molecule has 0 bridgehead atoms. The highest BCUT2D eigenvalue weighted by atomic mass is 16.6. The number of carboxylic acid groups (broad SMARTS) is 1. The van der Waals surface area contributed by atoms with Gasteiger partial charge in [-0.05, 0) is 68.1 Å². The van der Waals surface area contributed by atoms with Gasteiger partial charge in [0.1, 0.15) is 17.2 Å². The third kappa shape index (κ3) is 8.75. The summed E-state index contributed by atoms with van der Waals surface area (Å²) in [6.45, 7) is 4.02. The molecule has 0 aliphatic rings. The van der Waals surface area contributed by atoms with Crippen LogP contribution in [0.1, 0.15) is 67.8 Å². The van der Waals surface area contributed by atoms with Gasteiger partial charge in [0, 0.05) is 24.2 Å². The van der Waals surface area contributed by atoms with Crippen LogP contribution >= 0.6 is 0 Å². The summed E-state index contributed by atoms with van der Waals surface area (Å²) in [4.78, 5) is 39.0. The molecule has 0 aliphatic heterocycles. The number of nitrogens with zero attached hydrogens (tertiary/aromatic N) is 1. The highest BCUT2D eigenvalue weighted by Gasteiger charge is 2.22. The number of nitrogens with one attached hydrogen (secondary N) is 1. The second-order valence-corrected chi connectivity index (χ2v) is 11.0. The lowest BCUT2D eigenvalue weighted by molar-refractivity contribution is -0.137. The predicted molar refractivity (Wildman–Crippen MR) is 176 cm³/mol. The Morgan fingerprint density at radius 3 is 2.40 bits per heavy atom. The molecule has 9 heteroatoms. The Kier molecular flexibility index (Phi) is 11.4. The van der Waals surface area contributed by atoms with Crippen LogP contribution in [-0.4, -0.2) is 41.3 Å². The van der Waals surface area contributed by atoms with Gasteiger partial charge in [-0.15, -0.1) is 0 Å². The standard InChI is InChI=1S/C36H40N2O7/c1-4-5-6-8-14-26(18-22-33(39)40)44-32-21-17-24(2)23-30(32)37-35(42)29-20-19-27-28(34(29)41)15-11-16-31(27)38(3)36(43)45-25-12-9-7-10-13-25/h7,9-13,15-17,19-21,23,26,41H,4-6,8,14,18,22H2,1-3H3,(H,37,42)(H,39,40). The Labute approximate surface area is 263 Å². The van der Waals surface area contributed by atoms with Crippen molar-refractivity contribution in [2.24, 2.45) is 0 Å². The molecule has 4 rings (SSSR count). The maximum Gasteiger partial charge on any atom is 0.419 e. The molecule has 0 spiro atoms. The molecule has 2 amide bonds. The van der Waals surface area contributed by atoms with Crippen molar-refractivity contribution in [2.75, 3.05) is 17.3 Å². The monoisotopic (exact) mass is 612 g/mol. The lowest BCUT2D eigenvalue weighted by Crippen LogP contribution is -2.29. The Hall–Kier alpha value is -5.05. The van der Waals surface area contributed by atoms with Crippen molar-refractivity contribution in [1.82, 2.24) is 0 Å². The molecule has 0 radical (unpaired) electrons. The molecule has 0 aliphatic carbocycles. The number of phenols is 1. The van der Waals surface area contributed by atoms with Crippen LogP contribution in [0.15, 0.2) is 78.9 Å². The molecule has 0 fully saturated rings. The average molecular weight is 613 g/mol. The van der Waals surface area contributed by atoms with Crippen molar-refractivity contribution < 1.29 is 34.1 Å². The molecular formula is C36H40N2O7. The van der Waals surface area contributed by atoms with Gasteiger partial charge in [-0.3, -0.25) is 14.5 Å². The largest absolute Gasteiger partial charge is 0.506 e. The Balaban J connectivity index is 1.56. The number of para-hydroxylation sites is 1. The van der Waals surface area contributed by atoms with Crippen LogP contribution in [0.4, 0.5) is 16.2 Å². The number of hydrogen-bond donors (Lipinski definition) is 3. The van der Waals surface area contributed by atoms with Gasteiger partial charge >= 0.3 is 12.1 Å². The Morgan fingerprint density at radius 1 is 0.889 bits per heavy atom. The first-order valence-corrected chi connectivity index (χ1v) is 15.2. The third-order valence-electron chi connectivity index (χ3n) is 7.57. The molecule has 0 saturated carbocycles. The molecule has 4 aromatic rings. The molecule has 0 heterocycles. The molecule has 1 unspecified atom stereocenters. The van der Waals surface area contributed by atoms with Crippen LogP contribution in [0.5, 0.6) is 17.2 Å². The fourth-order valence-corrected chi connectivity index (χ4v) is 5.12. The van der Waals surface area contributed by atoms with Gasteiger partial charge in [0.25, 0.3) is 5.91 Å². The van der Waals surface area contributed by atoms with Crippen molar-refractivity contribution in [1.29, 1.82) is 0 Å². The SMILES string of the molecule is CCCCCCC(CCC(=O)O)Oc1ccc(C)cc1NC(=O)c1ccc2c(N(C)C(=O)Oc3ccccc3)cccc2c1O. The minimum absolute atomic E-state index is 0.0158. The Bertz CT molecular complexity index is 1640. The fraction of sp³-hybridized carbons (Fsp3) is 0.306. The molecule has 3 N–H and O–H groups in total. The van der Waals surface area contributed by atoms with Crippen molar-refractivity contribution >= 4 is 40.1 Å². The van der Waals surface area contributed by atoms with Crippen molar-refractivity contribution in [2.45, 2.75) is 64.9 Å². The summed E-state index contributed by atoms with van der Waals surface area (Å²) in [5.74, 6) is -0.829. The number of phenolic OH excluding ortho intramolecular Hbond substituents is 1. The smallest absolute Gasteiger partial charge is 0.419 e. The van der Waals surface area contributed by atoms with E-state index in [-0.39, 0.29) is 23.8 Å². The van der Waals surface area contributed by atoms with Crippen LogP contribution in [-0.2, 0) is 4.79 Å². The van der Waals surface area contributed by atoms with E-state index in [1.165, 1.54) is 11.0 Å². The first-order chi connectivity index (χ1) is 21.7. The summed E-state index contributed by atoms with van der Waals surface area (Å²) in [7, 11) is 1.57. The first kappa shape index (κ1) is 32.9. The van der Waals surface area contributed by atoms with E-state index in [1.54, 1.807) is 67.7 Å². The summed E-state index contributed by atoms with van der Waals surface area (Å²) in [5, 5.41) is 24.3. The number of carbonyl (C=O) groups is 3. The predicted octanol–water partition coefficient (Wildman–Crippen LogP) is 8.32. The van der Waals surface area contributed by atoms with E-state index < -0.39 is 18.0 Å². The quantitative estimate of drug-likeness (QED) is 0.122. The number of aliphatic carboxylic acids is 1. The number of fused-ring (bicyclic) bond motifs is 1. The van der Waals surface area contributed by atoms with Crippen molar-refractivity contribution in [3.05, 3.63) is 90.0 Å². The number of unbranched alkanes of at least 4 members (excludes halogenated alkanes) is 3. The average Bonchev–Trinajstić information content (AvgIpc) is 3.03. The van der Waals surface area contributed by atoms with Gasteiger partial charge in [-0.25, -0.2) is 4.79 Å². The second kappa shape index (κ2) is 15.6. The maximum absolute atomic E-state index is 13.5. The second-order valence-electron chi connectivity index (χ2n) is 11.0. The molecular weight excluding hydrogens is 572 g/mol. The number of rotatable bonds is 14. The summed E-state index contributed by atoms with van der Waals surface area (Å²) in [6, 6.07) is 22.4. The van der Waals surface area contributed by atoms with E-state index in [0.717, 1.165) is 31.2 Å². The summed E-state index contributed by atoms with van der Waals surface area (Å²) >= 11 is 0. The minimum atomic E-state index is -0.885. The van der Waals surface area contributed by atoms with Crippen molar-refractivity contribution in [3.8, 4) is 17.2 Å². The van der Waals surface area contributed by atoms with Gasteiger partial charge in [0.05, 0.1) is 23.0 Å². The van der Waals surface area contributed by atoms with E-state index in [2.05, 4.69) is 12.2 Å². The number of benzene rings is 4. The molecule has 0 saturated heterocycles. The first-order valence-electron chi connectivity index (χ1n) is 15.2. The number of aryl methyl sites for hydroxylation is 1. The number of ether oxygens (including phenoxy) is 2. The Morgan fingerprint density at radius 2 is 1.67 bits per heavy atom. The number of carbonyl (C=O) groups excluding carboxylic acids is 2. The number of aromatic hydroxyl groups is 1. The molecule has 4 aromatic carbocycles. The van der Waals surface area contributed by atoms with Crippen LogP contribution in [0.2, 0.25) is 0 Å². The molecule has 0 aromatic heterocycles. The van der Waals surface area contributed by atoms with E-state index in [9.17, 15) is 24.6 Å². The van der Waals surface area contributed by atoms with Crippen molar-refractivity contribution in [3.63, 3.8) is 0 Å². The number of hydrogen-bond acceptors (Lipinski definition) is 6. The van der Waals surface area contributed by atoms with Crippen LogP contribution in [0.3, 0.4) is 0 Å². The van der Waals surface area contributed by atoms with E-state index in [0.29, 0.717) is 46.5 Å². The lowest BCUT2D eigenvalue weighted by atomic mass is 10.0. The fourth-order valence-electron chi connectivity index (χ4n) is 5.12. The van der Waals surface area contributed by atoms with E-state index in [1.807, 2.05) is 19.1 Å². The van der Waals surface area contributed by atoms with Gasteiger partial charge < -0.3 is 25.0 Å². The maximum atomic E-state index is 13.5. The van der Waals surface area contributed by atoms with Gasteiger partial charge in [-0.1, -0.05) is 68.7 Å². The summed E-state index contributed by atoms with van der Waals surface area (Å²) in [6.07, 6.45) is 4.25. The zero-order chi connectivity index (χ0) is 32.3. The number of amides is 2. The summed E-state index contributed by atoms with van der Waals surface area (Å²) in [5.41, 5.74) is 1.85. The minimum Gasteiger partial charge on any atom is -0.506 e. The van der Waals surface area contributed by atoms with E-state index in [4.69, 9.17) is 9.47 Å². The van der Waals surface area contributed by atoms with Crippen LogP contribution in [0.25, 0.3) is 10.8 Å². The van der Waals surface area contributed by atoms with E-state index >= 15 is 0 Å². The number of anilines is 2. The van der Waals surface area contributed by atoms with Gasteiger partial charge in [-0.2, -0.15) is 0 Å². The normalized spacial score (nSPS) is 11.5. The lowest BCUT2D eigenvalue weighted by Gasteiger charge is -2.22. The van der Waals surface area contributed by atoms with Crippen LogP contribution in [0, 0.1) is 6.92 Å². The molecule has 9 nitrogen and oxygen atoms in total. The van der Waals surface area contributed by atoms with Gasteiger partial charge in [0.15, 0.2) is 0 Å². The number of carboxylic acids is 1. The zero-order valence-corrected chi connectivity index (χ0v) is 25.9. The molecule has 45 heavy (non-hydrogen) atoms. The highest BCUT2D eigenvalue weighted by Crippen LogP contribution is 2.36. The zero-order valence-electron chi connectivity index (χ0n) is 25.9. The van der Waals surface area contributed by atoms with Crippen LogP contribution < -0.4 is 19.7 Å². The van der Waals surface area contributed by atoms with Gasteiger partial charge in [0.2, 0.25) is 0 Å². The topological polar surface area (TPSA) is 125 Å². The molecule has 236 valence electrons. The highest BCUT2D eigenvalue weighted by molar-refractivity contribution is 6.12.